The van der Waals surface area contributed by atoms with Gasteiger partial charge in [-0.1, -0.05) is 54.1 Å². The zero-order valence-electron chi connectivity index (χ0n) is 17.8. The Balaban J connectivity index is 1.84. The Hall–Kier alpha value is -3.62. The summed E-state index contributed by atoms with van der Waals surface area (Å²) in [5, 5.41) is 12.3. The Morgan fingerprint density at radius 3 is 2.53 bits per heavy atom. The maximum absolute atomic E-state index is 12.6. The highest BCUT2D eigenvalue weighted by Crippen LogP contribution is 2.33. The van der Waals surface area contributed by atoms with Crippen LogP contribution in [-0.4, -0.2) is 5.91 Å². The minimum Gasteiger partial charge on any atom is -0.487 e. The number of rotatable bonds is 8. The van der Waals surface area contributed by atoms with Gasteiger partial charge >= 0.3 is 0 Å². The van der Waals surface area contributed by atoms with Crippen molar-refractivity contribution < 1.29 is 9.53 Å². The van der Waals surface area contributed by atoms with Crippen molar-refractivity contribution in [1.29, 1.82) is 5.26 Å². The van der Waals surface area contributed by atoms with Crippen molar-refractivity contribution in [1.82, 2.24) is 0 Å². The van der Waals surface area contributed by atoms with E-state index in [1.54, 1.807) is 24.3 Å². The minimum absolute atomic E-state index is 0.0139. The smallest absolute Gasteiger partial charge is 0.266 e. The number of aryl methyl sites for hydroxylation is 1. The molecule has 4 nitrogen and oxygen atoms in total. The van der Waals surface area contributed by atoms with Gasteiger partial charge in [-0.3, -0.25) is 4.79 Å². The van der Waals surface area contributed by atoms with Crippen molar-refractivity contribution in [3.63, 3.8) is 0 Å². The summed E-state index contributed by atoms with van der Waals surface area (Å²) in [6.07, 6.45) is 3.95. The molecule has 3 aromatic rings. The van der Waals surface area contributed by atoms with Crippen LogP contribution in [0.4, 0.5) is 5.69 Å². The number of nitrogens with zero attached hydrogens (tertiary/aromatic N) is 1. The number of allylic oxidation sites excluding steroid dienone is 1. The van der Waals surface area contributed by atoms with Crippen molar-refractivity contribution in [3.8, 4) is 11.8 Å². The fraction of sp³-hybridized carbons (Fsp3) is 0.111. The fourth-order valence-corrected chi connectivity index (χ4v) is 3.74. The highest BCUT2D eigenvalue weighted by molar-refractivity contribution is 9.10. The quantitative estimate of drug-likeness (QED) is 0.221. The first-order chi connectivity index (χ1) is 15.5. The van der Waals surface area contributed by atoms with E-state index in [1.807, 2.05) is 67.6 Å². The lowest BCUT2D eigenvalue weighted by molar-refractivity contribution is -0.112. The number of ether oxygens (including phenoxy) is 1. The van der Waals surface area contributed by atoms with Crippen LogP contribution in [-0.2, 0) is 17.8 Å². The molecule has 0 saturated carbocycles. The van der Waals surface area contributed by atoms with Crippen molar-refractivity contribution in [2.45, 2.75) is 20.0 Å². The largest absolute Gasteiger partial charge is 0.487 e. The number of carbonyl (C=O) groups excluding carboxylic acids is 1. The lowest BCUT2D eigenvalue weighted by Gasteiger charge is -2.14. The molecule has 160 valence electrons. The summed E-state index contributed by atoms with van der Waals surface area (Å²) in [7, 11) is 0. The molecule has 3 rings (SSSR count). The first-order valence-electron chi connectivity index (χ1n) is 10.1. The third-order valence-corrected chi connectivity index (χ3v) is 5.31. The number of carbonyl (C=O) groups is 1. The topological polar surface area (TPSA) is 62.1 Å². The van der Waals surface area contributed by atoms with Gasteiger partial charge in [-0.05, 0) is 76.3 Å². The van der Waals surface area contributed by atoms with E-state index < -0.39 is 5.91 Å². The highest BCUT2D eigenvalue weighted by Gasteiger charge is 2.13. The summed E-state index contributed by atoms with van der Waals surface area (Å²) >= 11 is 3.58. The number of nitriles is 1. The van der Waals surface area contributed by atoms with Crippen molar-refractivity contribution in [2.24, 2.45) is 0 Å². The maximum atomic E-state index is 12.6. The van der Waals surface area contributed by atoms with E-state index in [4.69, 9.17) is 4.74 Å². The normalized spacial score (nSPS) is 10.8. The number of nitrogens with one attached hydrogen (secondary N) is 1. The maximum Gasteiger partial charge on any atom is 0.266 e. The molecule has 0 heterocycles. The molecule has 0 aliphatic rings. The van der Waals surface area contributed by atoms with E-state index >= 15 is 0 Å². The fourth-order valence-electron chi connectivity index (χ4n) is 3.11. The van der Waals surface area contributed by atoms with Crippen molar-refractivity contribution >= 4 is 33.6 Å². The Morgan fingerprint density at radius 2 is 1.88 bits per heavy atom. The molecular weight excluding hydrogens is 464 g/mol. The second-order valence-electron chi connectivity index (χ2n) is 7.25. The summed E-state index contributed by atoms with van der Waals surface area (Å²) in [4.78, 5) is 12.6. The van der Waals surface area contributed by atoms with E-state index in [0.717, 1.165) is 26.7 Å². The average molecular weight is 487 g/mol. The van der Waals surface area contributed by atoms with Gasteiger partial charge in [0.1, 0.15) is 24.0 Å². The number of hydrogen-bond donors (Lipinski definition) is 1. The van der Waals surface area contributed by atoms with E-state index in [2.05, 4.69) is 27.8 Å². The number of hydrogen-bond acceptors (Lipinski definition) is 3. The van der Waals surface area contributed by atoms with Crippen LogP contribution in [0, 0.1) is 18.3 Å². The van der Waals surface area contributed by atoms with Gasteiger partial charge in [-0.15, -0.1) is 6.58 Å². The molecule has 0 aliphatic carbocycles. The van der Waals surface area contributed by atoms with Crippen LogP contribution in [0.15, 0.2) is 89.4 Å². The zero-order chi connectivity index (χ0) is 22.9. The Kier molecular flexibility index (Phi) is 8.02. The molecule has 1 N–H and O–H groups in total. The molecule has 0 atom stereocenters. The summed E-state index contributed by atoms with van der Waals surface area (Å²) in [6.45, 7) is 6.23. The summed E-state index contributed by atoms with van der Waals surface area (Å²) in [6, 6.07) is 23.1. The van der Waals surface area contributed by atoms with Gasteiger partial charge in [-0.25, -0.2) is 0 Å². The van der Waals surface area contributed by atoms with Crippen LogP contribution in [0.5, 0.6) is 5.75 Å². The molecule has 0 spiro atoms. The van der Waals surface area contributed by atoms with Crippen LogP contribution in [0.2, 0.25) is 0 Å². The molecular formula is C27H23BrN2O2. The van der Waals surface area contributed by atoms with E-state index in [1.165, 1.54) is 0 Å². The Morgan fingerprint density at radius 1 is 1.16 bits per heavy atom. The lowest BCUT2D eigenvalue weighted by atomic mass is 10.0. The monoisotopic (exact) mass is 486 g/mol. The van der Waals surface area contributed by atoms with Gasteiger partial charge in [0.25, 0.3) is 5.91 Å². The summed E-state index contributed by atoms with van der Waals surface area (Å²) in [5.41, 5.74) is 4.43. The molecule has 1 amide bonds. The molecule has 0 saturated heterocycles. The zero-order valence-corrected chi connectivity index (χ0v) is 19.4. The number of benzene rings is 3. The number of anilines is 1. The molecule has 0 aromatic heterocycles. The number of amides is 1. The van der Waals surface area contributed by atoms with E-state index in [9.17, 15) is 10.1 Å². The van der Waals surface area contributed by atoms with Crippen LogP contribution < -0.4 is 10.1 Å². The first kappa shape index (κ1) is 23.1. The standard InChI is InChI=1S/C27H23BrN2O2/c1-3-7-22-14-21(16-25(28)26(22)32-18-20-8-5-4-6-9-20)15-23(17-29)27(31)30-24-12-10-19(2)11-13-24/h3-6,8-16H,1,7,18H2,2H3,(H,30,31)/b23-15-. The third-order valence-electron chi connectivity index (χ3n) is 4.72. The van der Waals surface area contributed by atoms with Gasteiger partial charge in [0.2, 0.25) is 0 Å². The molecule has 5 heteroatoms. The van der Waals surface area contributed by atoms with Crippen molar-refractivity contribution in [3.05, 3.63) is 112 Å². The number of halogens is 1. The predicted octanol–water partition coefficient (Wildman–Crippen LogP) is 6.61. The van der Waals surface area contributed by atoms with Crippen LogP contribution in [0.3, 0.4) is 0 Å². The lowest BCUT2D eigenvalue weighted by Crippen LogP contribution is -2.13. The summed E-state index contributed by atoms with van der Waals surface area (Å²) in [5.74, 6) is 0.260. The molecule has 0 radical (unpaired) electrons. The van der Waals surface area contributed by atoms with Gasteiger partial charge < -0.3 is 10.1 Å². The van der Waals surface area contributed by atoms with Gasteiger partial charge in [0, 0.05) is 5.69 Å². The molecule has 32 heavy (non-hydrogen) atoms. The third kappa shape index (κ3) is 6.19. The minimum atomic E-state index is -0.456. The van der Waals surface area contributed by atoms with E-state index in [0.29, 0.717) is 24.5 Å². The van der Waals surface area contributed by atoms with Crippen LogP contribution in [0.25, 0.3) is 6.08 Å². The molecule has 0 unspecified atom stereocenters. The highest BCUT2D eigenvalue weighted by atomic mass is 79.9. The van der Waals surface area contributed by atoms with Gasteiger partial charge in [0.05, 0.1) is 4.47 Å². The molecule has 0 fully saturated rings. The van der Waals surface area contributed by atoms with Crippen LogP contribution >= 0.6 is 15.9 Å². The second kappa shape index (κ2) is 11.1. The predicted molar refractivity (Wildman–Crippen MR) is 132 cm³/mol. The molecule has 3 aromatic carbocycles. The second-order valence-corrected chi connectivity index (χ2v) is 8.10. The average Bonchev–Trinajstić information content (AvgIpc) is 2.79. The SMILES string of the molecule is C=CCc1cc(/C=C(/C#N)C(=O)Nc2ccc(C)cc2)cc(Br)c1OCc1ccccc1. The van der Waals surface area contributed by atoms with E-state index in [-0.39, 0.29) is 5.57 Å². The molecule has 0 bridgehead atoms. The molecule has 0 aliphatic heterocycles. The van der Waals surface area contributed by atoms with Gasteiger partial charge in [0.15, 0.2) is 0 Å². The Bertz CT molecular complexity index is 1180. The van der Waals surface area contributed by atoms with Crippen LogP contribution in [0.1, 0.15) is 22.3 Å². The van der Waals surface area contributed by atoms with Crippen molar-refractivity contribution in [2.75, 3.05) is 5.32 Å². The first-order valence-corrected chi connectivity index (χ1v) is 10.9. The summed E-state index contributed by atoms with van der Waals surface area (Å²) < 4.78 is 6.81. The van der Waals surface area contributed by atoms with Gasteiger partial charge in [-0.2, -0.15) is 5.26 Å². The Labute approximate surface area is 197 Å².